The Hall–Kier alpha value is 0.180. The van der Waals surface area contributed by atoms with Gasteiger partial charge in [-0.3, -0.25) is 0 Å². The molecule has 0 bridgehead atoms. The highest BCUT2D eigenvalue weighted by Gasteiger charge is 2.41. The Kier molecular flexibility index (Phi) is 5.02. The van der Waals surface area contributed by atoms with E-state index in [-0.39, 0.29) is 6.54 Å². The van der Waals surface area contributed by atoms with E-state index in [4.69, 9.17) is 0 Å². The maximum absolute atomic E-state index is 11.7. The molecule has 1 nitrogen and oxygen atoms in total. The molecule has 0 spiro atoms. The molecule has 0 aromatic heterocycles. The van der Waals surface area contributed by atoms with E-state index in [1.807, 2.05) is 13.8 Å². The van der Waals surface area contributed by atoms with Crippen molar-refractivity contribution in [3.05, 3.63) is 0 Å². The third-order valence-electron chi connectivity index (χ3n) is 1.09. The molecule has 0 amide bonds. The first-order valence-corrected chi connectivity index (χ1v) is 5.24. The molecule has 0 aromatic carbocycles. The van der Waals surface area contributed by atoms with Gasteiger partial charge in [0.15, 0.2) is 6.16 Å². The van der Waals surface area contributed by atoms with Crippen molar-refractivity contribution in [2.45, 2.75) is 13.8 Å². The van der Waals surface area contributed by atoms with Gasteiger partial charge in [-0.25, -0.2) is 0 Å². The zero-order valence-corrected chi connectivity index (χ0v) is 7.67. The van der Waals surface area contributed by atoms with Crippen LogP contribution >= 0.6 is 8.19 Å². The van der Waals surface area contributed by atoms with Gasteiger partial charge in [0, 0.05) is 19.1 Å². The summed E-state index contributed by atoms with van der Waals surface area (Å²) in [6.07, 6.45) is -0.625. The van der Waals surface area contributed by atoms with Crippen LogP contribution in [0.25, 0.3) is 0 Å². The van der Waals surface area contributed by atoms with Crippen LogP contribution < -0.4 is 5.32 Å². The number of halogens is 3. The molecule has 0 aliphatic heterocycles. The SMILES string of the molecule is CC(C)CNCC[P+](F)(F)F. The van der Waals surface area contributed by atoms with Gasteiger partial charge in [-0.05, 0) is 12.5 Å². The van der Waals surface area contributed by atoms with Crippen molar-refractivity contribution in [3.63, 3.8) is 0 Å². The summed E-state index contributed by atoms with van der Waals surface area (Å²) < 4.78 is 35.0. The Morgan fingerprint density at radius 1 is 1.27 bits per heavy atom. The van der Waals surface area contributed by atoms with Crippen molar-refractivity contribution in [1.82, 2.24) is 5.32 Å². The highest BCUT2D eigenvalue weighted by molar-refractivity contribution is 7.60. The van der Waals surface area contributed by atoms with Gasteiger partial charge in [-0.15, -0.1) is 0 Å². The van der Waals surface area contributed by atoms with Crippen LogP contribution in [0.2, 0.25) is 0 Å². The number of rotatable bonds is 5. The molecule has 0 heterocycles. The lowest BCUT2D eigenvalue weighted by Crippen LogP contribution is -2.22. The molecule has 1 N–H and O–H groups in total. The van der Waals surface area contributed by atoms with Gasteiger partial charge in [0.2, 0.25) is 0 Å². The van der Waals surface area contributed by atoms with Crippen LogP contribution in [0.3, 0.4) is 0 Å². The van der Waals surface area contributed by atoms with Crippen LogP contribution in [0.1, 0.15) is 13.8 Å². The highest BCUT2D eigenvalue weighted by atomic mass is 31.3. The van der Waals surface area contributed by atoms with Crippen molar-refractivity contribution >= 4 is 8.19 Å². The minimum Gasteiger partial charge on any atom is -0.313 e. The molecule has 0 fully saturated rings. The van der Waals surface area contributed by atoms with Crippen molar-refractivity contribution in [2.75, 3.05) is 19.3 Å². The molecule has 0 saturated carbocycles. The zero-order valence-electron chi connectivity index (χ0n) is 6.78. The minimum absolute atomic E-state index is 0.0788. The summed E-state index contributed by atoms with van der Waals surface area (Å²) in [7, 11) is -5.04. The summed E-state index contributed by atoms with van der Waals surface area (Å²) in [6.45, 7) is 4.68. The molecule has 0 radical (unpaired) electrons. The summed E-state index contributed by atoms with van der Waals surface area (Å²) in [5.74, 6) is 0.418. The Bertz CT molecular complexity index is 102. The predicted octanol–water partition coefficient (Wildman–Crippen LogP) is 2.90. The van der Waals surface area contributed by atoms with Crippen LogP contribution in [-0.4, -0.2) is 19.3 Å². The van der Waals surface area contributed by atoms with Crippen LogP contribution in [0.4, 0.5) is 12.6 Å². The lowest BCUT2D eigenvalue weighted by atomic mass is 10.2. The van der Waals surface area contributed by atoms with Gasteiger partial charge in [-0.1, -0.05) is 13.8 Å². The lowest BCUT2D eigenvalue weighted by molar-refractivity contribution is 0.542. The third kappa shape index (κ3) is 10.2. The molecular weight excluding hydrogens is 174 g/mol. The van der Waals surface area contributed by atoms with Crippen molar-refractivity contribution in [1.29, 1.82) is 0 Å². The summed E-state index contributed by atoms with van der Waals surface area (Å²) in [5, 5.41) is 2.75. The molecule has 0 rings (SSSR count). The van der Waals surface area contributed by atoms with Gasteiger partial charge in [-0.2, -0.15) is 0 Å². The fourth-order valence-electron chi connectivity index (χ4n) is 0.597. The van der Waals surface area contributed by atoms with E-state index < -0.39 is 14.4 Å². The molecule has 5 heteroatoms. The molecule has 0 aliphatic rings. The van der Waals surface area contributed by atoms with Crippen molar-refractivity contribution < 1.29 is 12.6 Å². The summed E-state index contributed by atoms with van der Waals surface area (Å²) in [4.78, 5) is 0. The summed E-state index contributed by atoms with van der Waals surface area (Å²) in [6, 6.07) is 0. The molecule has 11 heavy (non-hydrogen) atoms. The Morgan fingerprint density at radius 2 is 1.82 bits per heavy atom. The Labute approximate surface area is 66.1 Å². The van der Waals surface area contributed by atoms with E-state index in [0.717, 1.165) is 0 Å². The second kappa shape index (κ2) is 4.94. The number of nitrogens with one attached hydrogen (secondary N) is 1. The quantitative estimate of drug-likeness (QED) is 0.516. The molecule has 0 saturated heterocycles. The monoisotopic (exact) mass is 188 g/mol. The average Bonchev–Trinajstić information content (AvgIpc) is 1.78. The first kappa shape index (κ1) is 11.2. The fourth-order valence-corrected chi connectivity index (χ4v) is 1.01. The van der Waals surface area contributed by atoms with E-state index in [2.05, 4.69) is 5.32 Å². The van der Waals surface area contributed by atoms with Crippen LogP contribution in [-0.2, 0) is 0 Å². The van der Waals surface area contributed by atoms with E-state index in [1.54, 1.807) is 0 Å². The number of hydrogen-bond acceptors (Lipinski definition) is 1. The first-order valence-electron chi connectivity index (χ1n) is 3.59. The van der Waals surface area contributed by atoms with Gasteiger partial charge in [0.1, 0.15) is 0 Å². The lowest BCUT2D eigenvalue weighted by Gasteiger charge is -2.04. The third-order valence-corrected chi connectivity index (χ3v) is 1.83. The predicted molar refractivity (Wildman–Crippen MR) is 42.8 cm³/mol. The van der Waals surface area contributed by atoms with Gasteiger partial charge in [0.25, 0.3) is 0 Å². The Morgan fingerprint density at radius 3 is 2.18 bits per heavy atom. The van der Waals surface area contributed by atoms with Gasteiger partial charge >= 0.3 is 8.19 Å². The second-order valence-electron chi connectivity index (χ2n) is 2.87. The van der Waals surface area contributed by atoms with Crippen molar-refractivity contribution in [2.24, 2.45) is 5.92 Å². The average molecular weight is 188 g/mol. The maximum Gasteiger partial charge on any atom is 0.570 e. The number of hydrogen-bond donors (Lipinski definition) is 1. The summed E-state index contributed by atoms with van der Waals surface area (Å²) >= 11 is 0. The van der Waals surface area contributed by atoms with Crippen LogP contribution in [0.15, 0.2) is 0 Å². The van der Waals surface area contributed by atoms with Gasteiger partial charge in [0.05, 0.1) is 0 Å². The van der Waals surface area contributed by atoms with Crippen LogP contribution in [0, 0.1) is 5.92 Å². The smallest absolute Gasteiger partial charge is 0.313 e. The molecule has 0 aliphatic carbocycles. The largest absolute Gasteiger partial charge is 0.570 e. The van der Waals surface area contributed by atoms with Crippen molar-refractivity contribution in [3.8, 4) is 0 Å². The standard InChI is InChI=1S/C6H14F3NP/c1-6(2)5-10-3-4-11(7,8)9/h6,10H,3-5H2,1-2H3/q+1. The second-order valence-corrected chi connectivity index (χ2v) is 4.42. The molecule has 0 aromatic rings. The summed E-state index contributed by atoms with van der Waals surface area (Å²) in [5.41, 5.74) is 0. The zero-order chi connectivity index (χ0) is 8.91. The molecule has 0 unspecified atom stereocenters. The van der Waals surface area contributed by atoms with E-state index in [9.17, 15) is 12.6 Å². The van der Waals surface area contributed by atoms with Gasteiger partial charge < -0.3 is 5.32 Å². The molecule has 0 atom stereocenters. The highest BCUT2D eigenvalue weighted by Crippen LogP contribution is 2.63. The minimum atomic E-state index is -5.04. The van der Waals surface area contributed by atoms with E-state index in [1.165, 1.54) is 0 Å². The fraction of sp³-hybridized carbons (Fsp3) is 1.00. The first-order chi connectivity index (χ1) is 4.92. The van der Waals surface area contributed by atoms with E-state index in [0.29, 0.717) is 12.5 Å². The van der Waals surface area contributed by atoms with E-state index >= 15 is 0 Å². The Balaban J connectivity index is 3.15. The molecule has 68 valence electrons. The normalized spacial score (nSPS) is 12.5. The topological polar surface area (TPSA) is 12.0 Å². The van der Waals surface area contributed by atoms with Crippen LogP contribution in [0.5, 0.6) is 0 Å². The maximum atomic E-state index is 11.7. The molecular formula is C6H14F3NP+.